The van der Waals surface area contributed by atoms with Gasteiger partial charge in [0.2, 0.25) is 0 Å². The van der Waals surface area contributed by atoms with Gasteiger partial charge >= 0.3 is 11.9 Å². The number of rotatable bonds is 10. The van der Waals surface area contributed by atoms with Gasteiger partial charge in [-0.25, -0.2) is 4.79 Å². The average Bonchev–Trinajstić information content (AvgIpc) is 3.42. The number of carbonyl (C=O) groups excluding carboxylic acids is 2. The second-order valence-corrected chi connectivity index (χ2v) is 14.6. The van der Waals surface area contributed by atoms with Crippen molar-refractivity contribution in [2.24, 2.45) is 34.5 Å². The van der Waals surface area contributed by atoms with Gasteiger partial charge in [0.25, 0.3) is 0 Å². The van der Waals surface area contributed by atoms with Crippen LogP contribution in [-0.2, 0) is 33.2 Å². The van der Waals surface area contributed by atoms with E-state index in [-0.39, 0.29) is 47.8 Å². The van der Waals surface area contributed by atoms with Gasteiger partial charge < -0.3 is 38.3 Å². The molecule has 11 nitrogen and oxygen atoms in total. The Morgan fingerprint density at radius 3 is 2.28 bits per heavy atom. The number of benzene rings is 1. The van der Waals surface area contributed by atoms with E-state index in [2.05, 4.69) is 11.8 Å². The molecule has 1 heterocycles. The monoisotopic (exact) mass is 643 g/mol. The number of carbonyl (C=O) groups is 2. The van der Waals surface area contributed by atoms with Gasteiger partial charge in [-0.1, -0.05) is 6.92 Å². The Morgan fingerprint density at radius 1 is 0.978 bits per heavy atom. The molecule has 1 N–H and O–H groups in total. The highest BCUT2D eigenvalue weighted by Crippen LogP contribution is 2.80. The van der Waals surface area contributed by atoms with Gasteiger partial charge in [0, 0.05) is 83.0 Å². The van der Waals surface area contributed by atoms with Crippen molar-refractivity contribution in [3.63, 3.8) is 0 Å². The molecule has 3 unspecified atom stereocenters. The van der Waals surface area contributed by atoms with E-state index >= 15 is 0 Å². The van der Waals surface area contributed by atoms with Crippen LogP contribution in [0.5, 0.6) is 5.75 Å². The molecule has 1 aliphatic heterocycles. The number of esters is 2. The third-order valence-corrected chi connectivity index (χ3v) is 13.3. The number of nitrogens with zero attached hydrogens (tertiary/aromatic N) is 1. The van der Waals surface area contributed by atoms with E-state index in [1.807, 2.05) is 0 Å². The predicted octanol–water partition coefficient (Wildman–Crippen LogP) is 2.72. The normalized spacial score (nSPS) is 46.6. The summed E-state index contributed by atoms with van der Waals surface area (Å²) in [7, 11) is 8.44. The van der Waals surface area contributed by atoms with Crippen molar-refractivity contribution in [2.45, 2.75) is 81.2 Å². The summed E-state index contributed by atoms with van der Waals surface area (Å²) in [5.74, 6) is -1.38. The maximum absolute atomic E-state index is 13.9. The zero-order chi connectivity index (χ0) is 32.8. The van der Waals surface area contributed by atoms with Crippen molar-refractivity contribution >= 4 is 11.9 Å². The first-order valence-corrected chi connectivity index (χ1v) is 16.6. The summed E-state index contributed by atoms with van der Waals surface area (Å²) in [6.45, 7) is 5.80. The van der Waals surface area contributed by atoms with Crippen LogP contribution < -0.4 is 4.74 Å². The van der Waals surface area contributed by atoms with Crippen LogP contribution in [0.3, 0.4) is 0 Å². The molecule has 0 amide bonds. The molecule has 0 radical (unpaired) electrons. The highest BCUT2D eigenvalue weighted by Gasteiger charge is 2.89. The van der Waals surface area contributed by atoms with E-state index in [0.29, 0.717) is 24.3 Å². The molecule has 1 saturated heterocycles. The molecule has 5 saturated carbocycles. The van der Waals surface area contributed by atoms with E-state index in [0.717, 1.165) is 25.9 Å². The zero-order valence-corrected chi connectivity index (χ0v) is 28.0. The largest absolute Gasteiger partial charge is 0.497 e. The Bertz CT molecular complexity index is 1360. The lowest BCUT2D eigenvalue weighted by atomic mass is 9.43. The zero-order valence-electron chi connectivity index (χ0n) is 28.0. The molecule has 254 valence electrons. The first-order chi connectivity index (χ1) is 22.1. The van der Waals surface area contributed by atoms with Gasteiger partial charge in [-0.2, -0.15) is 0 Å². The number of fused-ring (bicyclic) bond motifs is 2. The highest BCUT2D eigenvalue weighted by atomic mass is 16.6. The van der Waals surface area contributed by atoms with Gasteiger partial charge in [-0.15, -0.1) is 0 Å². The number of piperidine rings is 1. The molecular weight excluding hydrogens is 594 g/mol. The third kappa shape index (κ3) is 3.87. The molecule has 13 atom stereocenters. The van der Waals surface area contributed by atoms with Gasteiger partial charge in [0.1, 0.15) is 23.1 Å². The summed E-state index contributed by atoms with van der Waals surface area (Å²) >= 11 is 0. The Balaban J connectivity index is 1.46. The quantitative estimate of drug-likeness (QED) is 0.379. The Kier molecular flexibility index (Phi) is 7.81. The summed E-state index contributed by atoms with van der Waals surface area (Å²) in [4.78, 5) is 29.7. The van der Waals surface area contributed by atoms with Crippen LogP contribution in [0, 0.1) is 34.5 Å². The summed E-state index contributed by atoms with van der Waals surface area (Å²) in [5.41, 5.74) is -3.03. The summed E-state index contributed by atoms with van der Waals surface area (Å²) < 4.78 is 43.6. The highest BCUT2D eigenvalue weighted by molar-refractivity contribution is 5.89. The molecule has 7 rings (SSSR count). The average molecular weight is 644 g/mol. The SMILES string of the molecule is CCN1C[C@]2(COC)CC[C@H](OC)C34C1C([C@H](OC)[C@@H]32)[C@@]1(OC(C)=O)C[C@H](OC)[C@]2(O)C[C@@H]4[C@@H]1[C@H]2OC(=O)c1ccc(OC)cc1. The van der Waals surface area contributed by atoms with Gasteiger partial charge in [-0.3, -0.25) is 9.69 Å². The molecule has 1 aromatic rings. The smallest absolute Gasteiger partial charge is 0.338 e. The van der Waals surface area contributed by atoms with Crippen molar-refractivity contribution in [1.29, 1.82) is 0 Å². The van der Waals surface area contributed by atoms with Gasteiger partial charge in [0.05, 0.1) is 37.6 Å². The van der Waals surface area contributed by atoms with Crippen LogP contribution in [0.2, 0.25) is 0 Å². The molecule has 1 aromatic carbocycles. The summed E-state index contributed by atoms with van der Waals surface area (Å²) in [6, 6.07) is 6.66. The van der Waals surface area contributed by atoms with Gasteiger partial charge in [-0.05, 0) is 56.0 Å². The van der Waals surface area contributed by atoms with Crippen LogP contribution in [0.15, 0.2) is 24.3 Å². The Labute approximate surface area is 271 Å². The second kappa shape index (κ2) is 11.1. The minimum absolute atomic E-state index is 0.00534. The molecule has 46 heavy (non-hydrogen) atoms. The number of hydrogen-bond donors (Lipinski definition) is 1. The van der Waals surface area contributed by atoms with E-state index in [4.69, 9.17) is 33.2 Å². The van der Waals surface area contributed by atoms with Crippen molar-refractivity contribution in [3.8, 4) is 5.75 Å². The molecule has 0 aromatic heterocycles. The summed E-state index contributed by atoms with van der Waals surface area (Å²) in [5, 5.41) is 12.8. The maximum atomic E-state index is 13.9. The lowest BCUT2D eigenvalue weighted by Gasteiger charge is -2.69. The maximum Gasteiger partial charge on any atom is 0.338 e. The number of ether oxygens (including phenoxy) is 7. The fourth-order valence-corrected chi connectivity index (χ4v) is 12.4. The van der Waals surface area contributed by atoms with Crippen molar-refractivity contribution in [3.05, 3.63) is 29.8 Å². The predicted molar refractivity (Wildman–Crippen MR) is 164 cm³/mol. The minimum Gasteiger partial charge on any atom is -0.497 e. The molecule has 5 aliphatic carbocycles. The van der Waals surface area contributed by atoms with Crippen LogP contribution in [0.1, 0.15) is 49.9 Å². The third-order valence-electron chi connectivity index (χ3n) is 13.3. The van der Waals surface area contributed by atoms with E-state index in [1.165, 1.54) is 6.92 Å². The van der Waals surface area contributed by atoms with Crippen molar-refractivity contribution in [2.75, 3.05) is 55.2 Å². The lowest BCUT2D eigenvalue weighted by molar-refractivity contribution is -0.287. The molecule has 6 fully saturated rings. The molecular formula is C35H49NO10. The van der Waals surface area contributed by atoms with E-state index < -0.39 is 46.7 Å². The first kappa shape index (κ1) is 32.3. The number of aliphatic hydroxyl groups is 1. The fraction of sp³-hybridized carbons (Fsp3) is 0.771. The van der Waals surface area contributed by atoms with Crippen LogP contribution >= 0.6 is 0 Å². The van der Waals surface area contributed by atoms with E-state index in [1.54, 1.807) is 59.8 Å². The minimum atomic E-state index is -1.51. The summed E-state index contributed by atoms with van der Waals surface area (Å²) in [6.07, 6.45) is 0.142. The number of methoxy groups -OCH3 is 5. The standard InChI is InChI=1S/C35H49NO10/c1-8-36-17-32(18-40-3)14-13-23(42-5)35-22-15-33(39)24(43-6)16-34(46-19(2)37,26(29(35)36)27(44-7)28(32)35)25(22)30(33)45-31(38)20-9-11-21(41-4)12-10-20/h9-12,22-30,39H,8,13-18H2,1-7H3/t22-,23+,24+,25-,26?,27+,28-,29?,30-,32+,33-,34-,35?/m1/s1. The second-order valence-electron chi connectivity index (χ2n) is 14.6. The molecule has 1 spiro atoms. The first-order valence-electron chi connectivity index (χ1n) is 16.6. The number of likely N-dealkylation sites (tertiary alicyclic amines) is 1. The lowest BCUT2D eigenvalue weighted by Crippen LogP contribution is -2.77. The van der Waals surface area contributed by atoms with Crippen LogP contribution in [0.25, 0.3) is 0 Å². The molecule has 6 aliphatic rings. The van der Waals surface area contributed by atoms with Crippen LogP contribution in [0.4, 0.5) is 0 Å². The Hall–Kier alpha value is -2.28. The van der Waals surface area contributed by atoms with Crippen LogP contribution in [-0.4, -0.2) is 119 Å². The Morgan fingerprint density at radius 2 is 1.70 bits per heavy atom. The van der Waals surface area contributed by atoms with Crippen molar-refractivity contribution in [1.82, 2.24) is 4.90 Å². The van der Waals surface area contributed by atoms with Gasteiger partial charge in [0.15, 0.2) is 0 Å². The molecule has 11 heteroatoms. The number of hydrogen-bond acceptors (Lipinski definition) is 11. The fourth-order valence-electron chi connectivity index (χ4n) is 12.4. The van der Waals surface area contributed by atoms with E-state index in [9.17, 15) is 14.7 Å². The van der Waals surface area contributed by atoms with Crippen molar-refractivity contribution < 1.29 is 47.9 Å². The molecule has 7 bridgehead atoms. The topological polar surface area (TPSA) is 122 Å².